The summed E-state index contributed by atoms with van der Waals surface area (Å²) in [6, 6.07) is 9.37. The van der Waals surface area contributed by atoms with Crippen LogP contribution in [0.15, 0.2) is 36.5 Å². The zero-order valence-electron chi connectivity index (χ0n) is 20.1. The monoisotopic (exact) mass is 488 g/mol. The Labute approximate surface area is 203 Å². The van der Waals surface area contributed by atoms with Gasteiger partial charge in [0.25, 0.3) is 0 Å². The highest BCUT2D eigenvalue weighted by Crippen LogP contribution is 2.49. The highest BCUT2D eigenvalue weighted by Gasteiger charge is 2.43. The number of carbonyl (C=O) groups excluding carboxylic acids is 1. The first-order valence-corrected chi connectivity index (χ1v) is 12.4. The maximum absolute atomic E-state index is 13.5. The van der Waals surface area contributed by atoms with Gasteiger partial charge in [-0.25, -0.2) is 4.98 Å². The van der Waals surface area contributed by atoms with Crippen LogP contribution >= 0.6 is 0 Å². The second-order valence-corrected chi connectivity index (χ2v) is 10.2. The third kappa shape index (κ3) is 4.71. The van der Waals surface area contributed by atoms with Crippen molar-refractivity contribution < 1.29 is 27.4 Å². The molecule has 3 aliphatic rings. The van der Waals surface area contributed by atoms with Gasteiger partial charge in [-0.2, -0.15) is 13.2 Å². The van der Waals surface area contributed by atoms with Crippen molar-refractivity contribution in [2.24, 2.45) is 11.8 Å². The number of aryl methyl sites for hydroxylation is 1. The molecule has 0 radical (unpaired) electrons. The van der Waals surface area contributed by atoms with E-state index < -0.39 is 11.9 Å². The van der Waals surface area contributed by atoms with E-state index in [9.17, 15) is 18.0 Å². The molecule has 2 aliphatic heterocycles. The molecular weight excluding hydrogens is 457 g/mol. The Hall–Kier alpha value is -2.77. The third-order valence-electron chi connectivity index (χ3n) is 7.96. The summed E-state index contributed by atoms with van der Waals surface area (Å²) in [6.45, 7) is 2.89. The molecule has 0 amide bonds. The van der Waals surface area contributed by atoms with E-state index in [-0.39, 0.29) is 29.1 Å². The van der Waals surface area contributed by atoms with Gasteiger partial charge < -0.3 is 14.4 Å². The van der Waals surface area contributed by atoms with Crippen LogP contribution in [0.4, 0.5) is 18.9 Å². The molecule has 1 saturated carbocycles. The van der Waals surface area contributed by atoms with Crippen LogP contribution in [-0.2, 0) is 22.1 Å². The van der Waals surface area contributed by atoms with Crippen molar-refractivity contribution >= 4 is 11.7 Å². The minimum absolute atomic E-state index is 0.0995. The average Bonchev–Trinajstić information content (AvgIpc) is 3.68. The Bertz CT molecular complexity index is 1090. The van der Waals surface area contributed by atoms with E-state index in [1.54, 1.807) is 11.0 Å². The first kappa shape index (κ1) is 23.9. The van der Waals surface area contributed by atoms with Crippen molar-refractivity contribution in [2.45, 2.75) is 63.1 Å². The highest BCUT2D eigenvalue weighted by atomic mass is 19.4. The van der Waals surface area contributed by atoms with E-state index in [0.717, 1.165) is 42.6 Å². The van der Waals surface area contributed by atoms with Gasteiger partial charge in [-0.1, -0.05) is 19.1 Å². The van der Waals surface area contributed by atoms with Crippen molar-refractivity contribution in [3.05, 3.63) is 53.3 Å². The molecule has 2 fully saturated rings. The van der Waals surface area contributed by atoms with Gasteiger partial charge >= 0.3 is 12.1 Å². The molecule has 35 heavy (non-hydrogen) atoms. The first-order valence-electron chi connectivity index (χ1n) is 12.4. The molecule has 1 saturated heterocycles. The predicted molar refractivity (Wildman–Crippen MR) is 125 cm³/mol. The van der Waals surface area contributed by atoms with Crippen molar-refractivity contribution in [1.29, 1.82) is 0 Å². The van der Waals surface area contributed by atoms with Crippen molar-refractivity contribution in [3.63, 3.8) is 0 Å². The SMILES string of the molecule is COC(=O)[C@H](C)[C@H](c1ccc2c(c1)OC1(CC2)CCN(c2cccnc2C(F)(F)F)CC1)C1CC1. The number of piperidine rings is 1. The molecule has 2 aromatic rings. The number of hydrogen-bond acceptors (Lipinski definition) is 5. The number of methoxy groups -OCH3 is 1. The number of fused-ring (bicyclic) bond motifs is 1. The number of nitrogens with zero attached hydrogens (tertiary/aromatic N) is 2. The van der Waals surface area contributed by atoms with Crippen LogP contribution < -0.4 is 9.64 Å². The van der Waals surface area contributed by atoms with Gasteiger partial charge in [0.05, 0.1) is 18.7 Å². The second kappa shape index (κ2) is 9.03. The first-order chi connectivity index (χ1) is 16.7. The largest absolute Gasteiger partial charge is 0.487 e. The average molecular weight is 489 g/mol. The Balaban J connectivity index is 1.33. The van der Waals surface area contributed by atoms with Gasteiger partial charge in [0.15, 0.2) is 5.69 Å². The smallest absolute Gasteiger partial charge is 0.435 e. The van der Waals surface area contributed by atoms with Crippen LogP contribution in [0.25, 0.3) is 0 Å². The Morgan fingerprint density at radius 3 is 2.60 bits per heavy atom. The highest BCUT2D eigenvalue weighted by molar-refractivity contribution is 5.73. The lowest BCUT2D eigenvalue weighted by atomic mass is 9.80. The van der Waals surface area contributed by atoms with Crippen LogP contribution in [0, 0.1) is 11.8 Å². The van der Waals surface area contributed by atoms with Gasteiger partial charge in [0.2, 0.25) is 0 Å². The summed E-state index contributed by atoms with van der Waals surface area (Å²) in [5, 5.41) is 0. The Kier molecular flexibility index (Phi) is 6.18. The summed E-state index contributed by atoms with van der Waals surface area (Å²) in [4.78, 5) is 17.7. The van der Waals surface area contributed by atoms with Crippen LogP contribution in [0.3, 0.4) is 0 Å². The fourth-order valence-electron chi connectivity index (χ4n) is 5.86. The number of hydrogen-bond donors (Lipinski definition) is 0. The number of carbonyl (C=O) groups is 1. The molecule has 5 nitrogen and oxygen atoms in total. The second-order valence-electron chi connectivity index (χ2n) is 10.2. The standard InChI is InChI=1S/C27H31F3N2O3/c1-17(25(33)34-2)23(19-6-7-19)20-8-5-18-9-10-26(35-22(18)16-20)11-14-32(15-12-26)21-4-3-13-31-24(21)27(28,29)30/h3-5,8,13,16-17,19,23H,6-7,9-12,14-15H2,1-2H3/t17-,23+/m1/s1. The fraction of sp³-hybridized carbons (Fsp3) is 0.556. The number of rotatable bonds is 5. The van der Waals surface area contributed by atoms with Crippen LogP contribution in [0.5, 0.6) is 5.75 Å². The van der Waals surface area contributed by atoms with E-state index in [2.05, 4.69) is 23.2 Å². The van der Waals surface area contributed by atoms with Gasteiger partial charge in [-0.15, -0.1) is 0 Å². The van der Waals surface area contributed by atoms with Gasteiger partial charge in [-0.05, 0) is 66.8 Å². The molecule has 188 valence electrons. The normalized spacial score (nSPS) is 21.1. The number of pyridine rings is 1. The number of alkyl halides is 3. The number of aromatic nitrogens is 1. The maximum atomic E-state index is 13.5. The third-order valence-corrected chi connectivity index (χ3v) is 7.96. The van der Waals surface area contributed by atoms with E-state index in [0.29, 0.717) is 31.8 Å². The predicted octanol–water partition coefficient (Wildman–Crippen LogP) is 5.77. The van der Waals surface area contributed by atoms with Crippen molar-refractivity contribution in [2.75, 3.05) is 25.1 Å². The summed E-state index contributed by atoms with van der Waals surface area (Å²) in [6.07, 6.45) is 1.93. The zero-order chi connectivity index (χ0) is 24.8. The molecule has 1 aromatic heterocycles. The van der Waals surface area contributed by atoms with Gasteiger partial charge in [0.1, 0.15) is 11.4 Å². The molecule has 5 rings (SSSR count). The molecule has 1 aromatic carbocycles. The van der Waals surface area contributed by atoms with E-state index in [4.69, 9.17) is 9.47 Å². The minimum Gasteiger partial charge on any atom is -0.487 e. The number of ether oxygens (including phenoxy) is 2. The number of halogens is 3. The summed E-state index contributed by atoms with van der Waals surface area (Å²) >= 11 is 0. The Morgan fingerprint density at radius 1 is 1.20 bits per heavy atom. The lowest BCUT2D eigenvalue weighted by Gasteiger charge is -2.45. The molecular formula is C27H31F3N2O3. The quantitative estimate of drug-likeness (QED) is 0.501. The van der Waals surface area contributed by atoms with E-state index in [1.165, 1.54) is 19.4 Å². The molecule has 2 atom stereocenters. The maximum Gasteiger partial charge on any atom is 0.435 e. The molecule has 0 unspecified atom stereocenters. The van der Waals surface area contributed by atoms with Crippen LogP contribution in [0.1, 0.15) is 61.8 Å². The Morgan fingerprint density at radius 2 is 1.94 bits per heavy atom. The molecule has 8 heteroatoms. The fourth-order valence-corrected chi connectivity index (χ4v) is 5.86. The molecule has 1 aliphatic carbocycles. The molecule has 1 spiro atoms. The summed E-state index contributed by atoms with van der Waals surface area (Å²) in [5.41, 5.74) is 1.17. The number of benzene rings is 1. The van der Waals surface area contributed by atoms with Crippen molar-refractivity contribution in [1.82, 2.24) is 4.98 Å². The minimum atomic E-state index is -4.48. The summed E-state index contributed by atoms with van der Waals surface area (Å²) in [7, 11) is 1.43. The summed E-state index contributed by atoms with van der Waals surface area (Å²) < 4.78 is 52.0. The lowest BCUT2D eigenvalue weighted by molar-refractivity contribution is -0.146. The van der Waals surface area contributed by atoms with Gasteiger partial charge in [-0.3, -0.25) is 4.79 Å². The van der Waals surface area contributed by atoms with Crippen molar-refractivity contribution in [3.8, 4) is 5.75 Å². The van der Waals surface area contributed by atoms with E-state index in [1.807, 2.05) is 6.92 Å². The molecule has 0 bridgehead atoms. The zero-order valence-corrected chi connectivity index (χ0v) is 20.1. The van der Waals surface area contributed by atoms with Crippen LogP contribution in [0.2, 0.25) is 0 Å². The lowest BCUT2D eigenvalue weighted by Crippen LogP contribution is -2.50. The van der Waals surface area contributed by atoms with Gasteiger partial charge in [0, 0.05) is 32.1 Å². The topological polar surface area (TPSA) is 51.7 Å². The molecule has 3 heterocycles. The number of esters is 1. The molecule has 0 N–H and O–H groups in total. The summed E-state index contributed by atoms with van der Waals surface area (Å²) in [5.74, 6) is 1.00. The van der Waals surface area contributed by atoms with Crippen LogP contribution in [-0.4, -0.2) is 36.8 Å². The number of anilines is 1. The van der Waals surface area contributed by atoms with E-state index >= 15 is 0 Å².